The monoisotopic (exact) mass is 285 g/mol. The molecule has 0 saturated carbocycles. The number of hydrogen-bond donors (Lipinski definition) is 2. The second kappa shape index (κ2) is 7.38. The van der Waals surface area contributed by atoms with Gasteiger partial charge in [-0.15, -0.1) is 0 Å². The molecular weight excluding hydrogens is 276 g/mol. The molecule has 0 aliphatic rings. The third kappa shape index (κ3) is 5.05. The van der Waals surface area contributed by atoms with Crippen molar-refractivity contribution in [3.05, 3.63) is 38.4 Å². The van der Waals surface area contributed by atoms with E-state index in [9.17, 15) is 34.9 Å². The number of nitrogens with zero attached hydrogens (tertiary/aromatic N) is 2. The van der Waals surface area contributed by atoms with Crippen LogP contribution in [0.3, 0.4) is 0 Å². The van der Waals surface area contributed by atoms with E-state index in [1.165, 1.54) is 6.07 Å². The topological polar surface area (TPSA) is 182 Å². The number of nitro benzene ring substituents is 2. The van der Waals surface area contributed by atoms with E-state index in [2.05, 4.69) is 5.43 Å². The number of aliphatic carboxylic acids is 1. The maximum atomic E-state index is 10.4. The summed E-state index contributed by atoms with van der Waals surface area (Å²) in [5, 5.41) is 30.0. The molecule has 0 unspecified atom stereocenters. The molecule has 1 rings (SSSR count). The van der Waals surface area contributed by atoms with E-state index in [4.69, 9.17) is 5.84 Å². The van der Waals surface area contributed by atoms with Crippen molar-refractivity contribution < 1.29 is 24.5 Å². The number of rotatable bonds is 4. The summed E-state index contributed by atoms with van der Waals surface area (Å²) < 4.78 is 0. The Morgan fingerprint density at radius 1 is 1.20 bits per heavy atom. The number of non-ortho nitro benzene ring substituents is 1. The van der Waals surface area contributed by atoms with E-state index in [0.29, 0.717) is 0 Å². The number of ketones is 1. The van der Waals surface area contributed by atoms with Gasteiger partial charge in [-0.1, -0.05) is 0 Å². The molecule has 0 aliphatic carbocycles. The van der Waals surface area contributed by atoms with Crippen molar-refractivity contribution in [2.45, 2.75) is 6.92 Å². The Morgan fingerprint density at radius 2 is 1.70 bits per heavy atom. The molecule has 3 N–H and O–H groups in total. The van der Waals surface area contributed by atoms with Crippen molar-refractivity contribution in [1.29, 1.82) is 0 Å². The fourth-order valence-electron chi connectivity index (χ4n) is 0.907. The van der Waals surface area contributed by atoms with Crippen LogP contribution in [0, 0.1) is 20.2 Å². The van der Waals surface area contributed by atoms with Gasteiger partial charge in [0.05, 0.1) is 15.9 Å². The lowest BCUT2D eigenvalue weighted by molar-refractivity contribution is -0.393. The van der Waals surface area contributed by atoms with Crippen LogP contribution in [0.4, 0.5) is 17.1 Å². The van der Waals surface area contributed by atoms with Crippen LogP contribution in [0.5, 0.6) is 0 Å². The van der Waals surface area contributed by atoms with Crippen molar-refractivity contribution in [2.75, 3.05) is 5.43 Å². The summed E-state index contributed by atoms with van der Waals surface area (Å²) in [6.45, 7) is 0.940. The lowest BCUT2D eigenvalue weighted by Gasteiger charge is -2.00. The molecule has 11 heteroatoms. The Hall–Kier alpha value is -3.08. The fourth-order valence-corrected chi connectivity index (χ4v) is 0.907. The van der Waals surface area contributed by atoms with Crippen LogP contribution in [-0.2, 0) is 9.59 Å². The summed E-state index contributed by atoms with van der Waals surface area (Å²) in [5.41, 5.74) is 1.33. The maximum absolute atomic E-state index is 10.4. The van der Waals surface area contributed by atoms with Crippen molar-refractivity contribution in [1.82, 2.24) is 0 Å². The third-order valence-electron chi connectivity index (χ3n) is 1.83. The van der Waals surface area contributed by atoms with Crippen molar-refractivity contribution in [2.24, 2.45) is 5.84 Å². The summed E-state index contributed by atoms with van der Waals surface area (Å²) in [4.78, 5) is 38.0. The Bertz CT molecular complexity index is 545. The third-order valence-corrected chi connectivity index (χ3v) is 1.83. The van der Waals surface area contributed by atoms with Crippen LogP contribution >= 0.6 is 0 Å². The van der Waals surface area contributed by atoms with Gasteiger partial charge in [0.1, 0.15) is 11.7 Å². The number of carboxylic acids is 1. The van der Waals surface area contributed by atoms with Gasteiger partial charge in [-0.2, -0.15) is 0 Å². The van der Waals surface area contributed by atoms with Crippen LogP contribution in [0.1, 0.15) is 6.92 Å². The quantitative estimate of drug-likeness (QED) is 0.307. The Kier molecular flexibility index (Phi) is 6.24. The number of benzene rings is 1. The number of nitrogen functional groups attached to an aromatic ring is 1. The molecule has 0 amide bonds. The first-order chi connectivity index (χ1) is 9.20. The van der Waals surface area contributed by atoms with E-state index in [0.717, 1.165) is 19.1 Å². The van der Waals surface area contributed by atoms with E-state index >= 15 is 0 Å². The van der Waals surface area contributed by atoms with Gasteiger partial charge in [-0.25, -0.2) is 0 Å². The molecule has 0 radical (unpaired) electrons. The number of hydrogen-bond acceptors (Lipinski definition) is 9. The summed E-state index contributed by atoms with van der Waals surface area (Å²) in [6, 6.07) is 3.15. The zero-order chi connectivity index (χ0) is 15.9. The normalized spacial score (nSPS) is 8.90. The Labute approximate surface area is 111 Å². The van der Waals surface area contributed by atoms with Gasteiger partial charge < -0.3 is 15.3 Å². The molecule has 0 spiro atoms. The Balaban J connectivity index is 0.000000511. The average molecular weight is 285 g/mol. The van der Waals surface area contributed by atoms with Crippen molar-refractivity contribution >= 4 is 28.8 Å². The molecule has 11 nitrogen and oxygen atoms in total. The number of nitro groups is 2. The molecule has 1 aromatic rings. The van der Waals surface area contributed by atoms with Gasteiger partial charge in [0.25, 0.3) is 5.69 Å². The lowest BCUT2D eigenvalue weighted by Crippen LogP contribution is -2.29. The van der Waals surface area contributed by atoms with E-state index in [-0.39, 0.29) is 11.4 Å². The van der Waals surface area contributed by atoms with Crippen molar-refractivity contribution in [3.8, 4) is 0 Å². The number of carbonyl (C=O) groups is 2. The summed E-state index contributed by atoms with van der Waals surface area (Å²) in [6.07, 6.45) is 0. The predicted molar refractivity (Wildman–Crippen MR) is 63.2 cm³/mol. The molecule has 0 fully saturated rings. The zero-order valence-electron chi connectivity index (χ0n) is 10.1. The number of carboxylic acid groups (broad SMARTS) is 1. The largest absolute Gasteiger partial charge is 0.542 e. The first-order valence-corrected chi connectivity index (χ1v) is 4.82. The molecule has 0 heterocycles. The highest BCUT2D eigenvalue weighted by molar-refractivity contribution is 6.30. The SMILES string of the molecule is CC(=O)C(=O)[O-].NNc1ccc([N+](=O)[O-])cc1[N+](=O)[O-]. The summed E-state index contributed by atoms with van der Waals surface area (Å²) in [5.74, 6) is 2.43. The maximum Gasteiger partial charge on any atom is 0.300 e. The summed E-state index contributed by atoms with van der Waals surface area (Å²) in [7, 11) is 0. The van der Waals surface area contributed by atoms with Crippen LogP contribution in [0.15, 0.2) is 18.2 Å². The van der Waals surface area contributed by atoms with Gasteiger partial charge in [-0.3, -0.25) is 30.9 Å². The van der Waals surface area contributed by atoms with Crippen LogP contribution in [-0.4, -0.2) is 21.6 Å². The molecule has 20 heavy (non-hydrogen) atoms. The van der Waals surface area contributed by atoms with Crippen molar-refractivity contribution in [3.63, 3.8) is 0 Å². The highest BCUT2D eigenvalue weighted by Gasteiger charge is 2.18. The first-order valence-electron chi connectivity index (χ1n) is 4.82. The minimum absolute atomic E-state index is 0.0283. The van der Waals surface area contributed by atoms with Crippen LogP contribution in [0.25, 0.3) is 0 Å². The Morgan fingerprint density at radius 3 is 2.00 bits per heavy atom. The molecule has 0 aliphatic heterocycles. The number of hydrazine groups is 1. The highest BCUT2D eigenvalue weighted by atomic mass is 16.6. The highest BCUT2D eigenvalue weighted by Crippen LogP contribution is 2.27. The van der Waals surface area contributed by atoms with E-state index < -0.39 is 27.3 Å². The molecule has 0 bridgehead atoms. The van der Waals surface area contributed by atoms with Gasteiger partial charge in [0, 0.05) is 13.0 Å². The van der Waals surface area contributed by atoms with Gasteiger partial charge >= 0.3 is 5.69 Å². The lowest BCUT2D eigenvalue weighted by atomic mass is 10.2. The predicted octanol–water partition coefficient (Wildman–Crippen LogP) is -0.886. The minimum atomic E-state index is -1.63. The molecule has 0 aromatic heterocycles. The molecular formula is C9H9N4O7-. The van der Waals surface area contributed by atoms with Gasteiger partial charge in [-0.05, 0) is 6.07 Å². The molecule has 0 saturated heterocycles. The minimum Gasteiger partial charge on any atom is -0.542 e. The standard InChI is InChI=1S/C6H6N4O4.C3H4O3/c7-8-5-2-1-4(9(11)12)3-6(5)10(13)14;1-2(4)3(5)6/h1-3,8H,7H2;1H3,(H,5,6)/p-1. The smallest absolute Gasteiger partial charge is 0.300 e. The number of Topliss-reactive ketones (excluding diaryl/α,β-unsaturated/α-hetero) is 1. The second-order valence-electron chi connectivity index (χ2n) is 3.20. The summed E-state index contributed by atoms with van der Waals surface area (Å²) >= 11 is 0. The van der Waals surface area contributed by atoms with Gasteiger partial charge in [0.2, 0.25) is 0 Å². The first kappa shape index (κ1) is 16.9. The zero-order valence-corrected chi connectivity index (χ0v) is 10.1. The fraction of sp³-hybridized carbons (Fsp3) is 0.111. The number of anilines is 1. The van der Waals surface area contributed by atoms with Crippen LogP contribution in [0.2, 0.25) is 0 Å². The average Bonchev–Trinajstić information content (AvgIpc) is 2.38. The molecule has 1 aromatic carbocycles. The number of nitrogens with one attached hydrogen (secondary N) is 1. The van der Waals surface area contributed by atoms with E-state index in [1.54, 1.807) is 0 Å². The second-order valence-corrected chi connectivity index (χ2v) is 3.20. The molecule has 0 atom stereocenters. The van der Waals surface area contributed by atoms with Gasteiger partial charge in [0.15, 0.2) is 5.78 Å². The number of carbonyl (C=O) groups excluding carboxylic acids is 2. The van der Waals surface area contributed by atoms with Crippen LogP contribution < -0.4 is 16.4 Å². The number of nitrogens with two attached hydrogens (primary N) is 1. The molecule has 108 valence electrons. The van der Waals surface area contributed by atoms with E-state index in [1.807, 2.05) is 0 Å².